The van der Waals surface area contributed by atoms with Crippen LogP contribution >= 0.6 is 0 Å². The topological polar surface area (TPSA) is 123 Å². The molecule has 2 aromatic heterocycles. The summed E-state index contributed by atoms with van der Waals surface area (Å²) in [4.78, 5) is 31.8. The van der Waals surface area contributed by atoms with Crippen LogP contribution in [-0.2, 0) is 26.2 Å². The van der Waals surface area contributed by atoms with Gasteiger partial charge in [-0.1, -0.05) is 13.8 Å². The van der Waals surface area contributed by atoms with Gasteiger partial charge < -0.3 is 14.7 Å². The third kappa shape index (κ3) is 4.17. The largest absolute Gasteiger partial charge is 0.417 e. The highest BCUT2D eigenvalue weighted by Crippen LogP contribution is 2.48. The van der Waals surface area contributed by atoms with E-state index in [0.717, 1.165) is 17.8 Å². The van der Waals surface area contributed by atoms with Gasteiger partial charge in [0.05, 0.1) is 16.9 Å². The average Bonchev–Trinajstić information content (AvgIpc) is 3.18. The molecule has 5 rings (SSSR count). The van der Waals surface area contributed by atoms with Crippen LogP contribution in [-0.4, -0.2) is 76.4 Å². The number of rotatable bonds is 3. The molecule has 0 saturated carbocycles. The Kier molecular flexibility index (Phi) is 6.33. The molecule has 3 atom stereocenters. The van der Waals surface area contributed by atoms with E-state index in [2.05, 4.69) is 15.0 Å². The molecule has 3 aliphatic rings. The summed E-state index contributed by atoms with van der Waals surface area (Å²) < 4.78 is 64.4. The van der Waals surface area contributed by atoms with Crippen LogP contribution in [0.2, 0.25) is 0 Å². The number of pyridine rings is 1. The van der Waals surface area contributed by atoms with E-state index in [1.165, 1.54) is 13.3 Å². The second-order valence-corrected chi connectivity index (χ2v) is 14.2. The highest BCUT2D eigenvalue weighted by Gasteiger charge is 2.57. The molecule has 2 aromatic rings. The van der Waals surface area contributed by atoms with Crippen molar-refractivity contribution in [3.63, 3.8) is 0 Å². The van der Waals surface area contributed by atoms with Gasteiger partial charge in [0.15, 0.2) is 9.84 Å². The maximum Gasteiger partial charge on any atom is 0.417 e. The number of amides is 1. The highest BCUT2D eigenvalue weighted by atomic mass is 32.2. The van der Waals surface area contributed by atoms with Crippen LogP contribution in [0.4, 0.5) is 30.6 Å². The summed E-state index contributed by atoms with van der Waals surface area (Å²) in [7, 11) is -3.47. The van der Waals surface area contributed by atoms with Gasteiger partial charge in [-0.3, -0.25) is 4.79 Å². The summed E-state index contributed by atoms with van der Waals surface area (Å²) in [5, 5.41) is 9.16. The molecule has 10 nitrogen and oxygen atoms in total. The molecule has 5 heterocycles. The summed E-state index contributed by atoms with van der Waals surface area (Å²) in [6, 6.07) is 1.89. The van der Waals surface area contributed by atoms with Crippen molar-refractivity contribution < 1.29 is 26.4 Å². The average molecular weight is 578 g/mol. The van der Waals surface area contributed by atoms with Gasteiger partial charge in [0, 0.05) is 48.9 Å². The molecule has 40 heavy (non-hydrogen) atoms. The number of fused-ring (bicyclic) bond motifs is 1. The number of hydrogen-bond donors (Lipinski definition) is 0. The standard InChI is InChI=1S/C26H30F3N7O3S/c1-15-12-35(23(37)25(5)6-7-40(25,38)39)16(2)11-34(15)21-20-22(33-14-32-21)36(13-24(20,3)4)19-8-18(26(27,28)29)17(9-30)10-31-19/h8,10,14-16H,6-7,11-13H2,1-5H3/t15-,16+,25?/m0/s1. The molecule has 0 aliphatic carbocycles. The molecule has 1 unspecified atom stereocenters. The Hall–Kier alpha value is -3.47. The molecular formula is C26H30F3N7O3S. The van der Waals surface area contributed by atoms with Crippen LogP contribution in [0, 0.1) is 11.3 Å². The number of sulfone groups is 1. The Bertz CT molecular complexity index is 1540. The summed E-state index contributed by atoms with van der Waals surface area (Å²) in [6.45, 7) is 10.1. The van der Waals surface area contributed by atoms with Crippen LogP contribution in [0.25, 0.3) is 0 Å². The number of carbonyl (C=O) groups excluding carboxylic acids is 1. The van der Waals surface area contributed by atoms with E-state index in [1.54, 1.807) is 15.9 Å². The summed E-state index contributed by atoms with van der Waals surface area (Å²) in [6.07, 6.45) is -2.14. The van der Waals surface area contributed by atoms with Gasteiger partial charge in [-0.2, -0.15) is 18.4 Å². The van der Waals surface area contributed by atoms with E-state index in [4.69, 9.17) is 5.26 Å². The second kappa shape index (κ2) is 9.02. The summed E-state index contributed by atoms with van der Waals surface area (Å²) >= 11 is 0. The van der Waals surface area contributed by atoms with Crippen LogP contribution in [0.1, 0.15) is 57.7 Å². The first-order valence-electron chi connectivity index (χ1n) is 12.9. The predicted molar refractivity (Wildman–Crippen MR) is 141 cm³/mol. The number of piperazine rings is 1. The first-order chi connectivity index (χ1) is 18.5. The number of hydrogen-bond acceptors (Lipinski definition) is 9. The highest BCUT2D eigenvalue weighted by molar-refractivity contribution is 7.95. The van der Waals surface area contributed by atoms with Gasteiger partial charge in [0.1, 0.15) is 34.6 Å². The molecule has 0 spiro atoms. The minimum atomic E-state index is -4.73. The van der Waals surface area contributed by atoms with Gasteiger partial charge in [-0.25, -0.2) is 23.4 Å². The van der Waals surface area contributed by atoms with E-state index in [1.807, 2.05) is 32.6 Å². The van der Waals surface area contributed by atoms with Crippen molar-refractivity contribution >= 4 is 33.2 Å². The molecule has 214 valence electrons. The van der Waals surface area contributed by atoms with Crippen molar-refractivity contribution in [1.82, 2.24) is 19.9 Å². The lowest BCUT2D eigenvalue weighted by atomic mass is 9.87. The van der Waals surface area contributed by atoms with Crippen LogP contribution in [0.15, 0.2) is 18.6 Å². The fourth-order valence-corrected chi connectivity index (χ4v) is 7.41. The van der Waals surface area contributed by atoms with Crippen molar-refractivity contribution in [1.29, 1.82) is 5.26 Å². The number of nitrogens with zero attached hydrogens (tertiary/aromatic N) is 7. The lowest BCUT2D eigenvalue weighted by Gasteiger charge is -2.49. The van der Waals surface area contributed by atoms with Gasteiger partial charge >= 0.3 is 6.18 Å². The van der Waals surface area contributed by atoms with Crippen LogP contribution in [0.3, 0.4) is 0 Å². The maximum absolute atomic E-state index is 13.7. The first kappa shape index (κ1) is 28.1. The molecule has 0 radical (unpaired) electrons. The summed E-state index contributed by atoms with van der Waals surface area (Å²) in [5.41, 5.74) is -1.46. The molecule has 3 aliphatic heterocycles. The monoisotopic (exact) mass is 577 g/mol. The van der Waals surface area contributed by atoms with Crippen molar-refractivity contribution in [2.75, 3.05) is 35.2 Å². The van der Waals surface area contributed by atoms with Crippen molar-refractivity contribution in [2.24, 2.45) is 0 Å². The third-order valence-corrected chi connectivity index (χ3v) is 10.9. The van der Waals surface area contributed by atoms with E-state index in [-0.39, 0.29) is 36.1 Å². The minimum absolute atomic E-state index is 0.0103. The molecule has 0 aromatic carbocycles. The van der Waals surface area contributed by atoms with Crippen LogP contribution in [0.5, 0.6) is 0 Å². The smallest absolute Gasteiger partial charge is 0.350 e. The van der Waals surface area contributed by atoms with Crippen molar-refractivity contribution in [3.8, 4) is 6.07 Å². The number of anilines is 3. The van der Waals surface area contributed by atoms with E-state index >= 15 is 0 Å². The number of alkyl halides is 3. The number of aromatic nitrogens is 3. The number of carbonyl (C=O) groups is 1. The maximum atomic E-state index is 13.7. The van der Waals surface area contributed by atoms with E-state index in [9.17, 15) is 26.4 Å². The molecule has 2 saturated heterocycles. The zero-order chi connectivity index (χ0) is 29.4. The quantitative estimate of drug-likeness (QED) is 0.541. The molecular weight excluding hydrogens is 547 g/mol. The van der Waals surface area contributed by atoms with Gasteiger partial charge in [0.2, 0.25) is 5.91 Å². The normalized spacial score (nSPS) is 27.1. The van der Waals surface area contributed by atoms with Crippen LogP contribution < -0.4 is 9.80 Å². The fourth-order valence-electron chi connectivity index (χ4n) is 5.87. The Balaban J connectivity index is 1.49. The number of nitriles is 1. The zero-order valence-electron chi connectivity index (χ0n) is 22.8. The Morgan fingerprint density at radius 3 is 2.35 bits per heavy atom. The second-order valence-electron chi connectivity index (χ2n) is 11.7. The van der Waals surface area contributed by atoms with Gasteiger partial charge in [0.25, 0.3) is 0 Å². The molecule has 2 fully saturated rings. The van der Waals surface area contributed by atoms with E-state index < -0.39 is 37.3 Å². The molecule has 0 bridgehead atoms. The Morgan fingerprint density at radius 1 is 1.10 bits per heavy atom. The first-order valence-corrected chi connectivity index (χ1v) is 14.6. The summed E-state index contributed by atoms with van der Waals surface area (Å²) in [5.74, 6) is 0.679. The van der Waals surface area contributed by atoms with E-state index in [0.29, 0.717) is 31.1 Å². The molecule has 0 N–H and O–H groups in total. The van der Waals surface area contributed by atoms with Gasteiger partial charge in [-0.15, -0.1) is 0 Å². The predicted octanol–water partition coefficient (Wildman–Crippen LogP) is 3.19. The fraction of sp³-hybridized carbons (Fsp3) is 0.577. The van der Waals surface area contributed by atoms with Crippen molar-refractivity contribution in [3.05, 3.63) is 35.3 Å². The van der Waals surface area contributed by atoms with Crippen molar-refractivity contribution in [2.45, 2.75) is 69.5 Å². The minimum Gasteiger partial charge on any atom is -0.350 e. The molecule has 1 amide bonds. The SMILES string of the molecule is C[C@@H]1CN(c2ncnc3c2C(C)(C)CN3c2cc(C(F)(F)F)c(C#N)cn2)[C@@H](C)CN1C(=O)C1(C)CCS1(=O)=O. The zero-order valence-corrected chi connectivity index (χ0v) is 23.6. The number of halogens is 3. The third-order valence-electron chi connectivity index (χ3n) is 8.39. The Labute approximate surface area is 230 Å². The molecule has 14 heteroatoms. The Morgan fingerprint density at radius 2 is 1.77 bits per heavy atom. The lowest BCUT2D eigenvalue weighted by Crippen LogP contribution is -2.66. The lowest BCUT2D eigenvalue weighted by molar-refractivity contribution is -0.138. The van der Waals surface area contributed by atoms with Gasteiger partial charge in [-0.05, 0) is 33.3 Å².